The fourth-order valence-corrected chi connectivity index (χ4v) is 6.99. The van der Waals surface area contributed by atoms with Gasteiger partial charge in [-0.3, -0.25) is 0 Å². The van der Waals surface area contributed by atoms with Crippen molar-refractivity contribution in [1.29, 1.82) is 0 Å². The first kappa shape index (κ1) is 32.7. The molecule has 51 heavy (non-hydrogen) atoms. The van der Waals surface area contributed by atoms with Crippen LogP contribution in [0.5, 0.6) is 0 Å². The van der Waals surface area contributed by atoms with Crippen LogP contribution in [-0.2, 0) is 0 Å². The highest BCUT2D eigenvalue weighted by Gasteiger charge is 2.18. The highest BCUT2D eigenvalue weighted by Crippen LogP contribution is 2.27. The minimum absolute atomic E-state index is 0.0278. The topological polar surface area (TPSA) is 63.2 Å². The van der Waals surface area contributed by atoms with Gasteiger partial charge in [-0.15, -0.1) is 0 Å². The van der Waals surface area contributed by atoms with Gasteiger partial charge in [0.1, 0.15) is 0 Å². The van der Waals surface area contributed by atoms with Crippen LogP contribution in [0.15, 0.2) is 170 Å². The number of benzene rings is 4. The summed E-state index contributed by atoms with van der Waals surface area (Å²) in [5.74, 6) is 0. The van der Waals surface area contributed by atoms with Crippen LogP contribution >= 0.6 is 29.8 Å². The molecule has 1 aliphatic rings. The third-order valence-electron chi connectivity index (χ3n) is 9.15. The molecule has 4 aromatic carbocycles. The Morgan fingerprint density at radius 2 is 0.490 bits per heavy atom. The van der Waals surface area contributed by atoms with E-state index in [0.717, 1.165) is 88.7 Å². The third kappa shape index (κ3) is 6.58. The molecule has 8 bridgehead atoms. The van der Waals surface area contributed by atoms with Crippen molar-refractivity contribution in [3.8, 4) is 0 Å². The summed E-state index contributed by atoms with van der Waals surface area (Å²) in [6, 6.07) is 60.0. The van der Waals surface area contributed by atoms with Crippen LogP contribution in [0.25, 0.3) is 22.3 Å². The summed E-state index contributed by atoms with van der Waals surface area (Å²) in [6.07, 6.45) is 0. The number of H-pyrrole nitrogens is 4. The maximum absolute atomic E-state index is 4.79. The summed E-state index contributed by atoms with van der Waals surface area (Å²) in [5, 5.41) is 4.16. The molecular weight excluding hydrogens is 686 g/mol. The Labute approximate surface area is 306 Å². The third-order valence-corrected chi connectivity index (χ3v) is 9.15. The standard InChI is InChI=1S/C44H32N4.Cl2HP/c1-5-13-29(14-6-1)41-33-21-23-35(45-33)42(30-15-7-2-8-16-30)37-25-27-39(47-37)44(32-19-11-4-12-20-32)40-28-26-38(48-40)43(31-17-9-3-10-18-31)36-24-22-34(41)46-36;1-3-2/h1-28,45-48H;3H. The summed E-state index contributed by atoms with van der Waals surface area (Å²) in [6.45, 7) is 0. The van der Waals surface area contributed by atoms with Gasteiger partial charge in [0.25, 0.3) is 0 Å². The molecule has 0 unspecified atom stereocenters. The van der Waals surface area contributed by atoms with Crippen LogP contribution in [-0.4, -0.2) is 19.9 Å². The second-order valence-electron chi connectivity index (χ2n) is 12.2. The molecule has 0 fully saturated rings. The molecule has 8 aromatic rings. The molecule has 248 valence electrons. The van der Waals surface area contributed by atoms with Crippen molar-refractivity contribution >= 4 is 52.1 Å². The number of hydrogen-bond acceptors (Lipinski definition) is 0. The Hall–Kier alpha value is -5.51. The van der Waals surface area contributed by atoms with Crippen molar-refractivity contribution in [3.05, 3.63) is 236 Å². The maximum atomic E-state index is 4.79. The summed E-state index contributed by atoms with van der Waals surface area (Å²) < 4.78 is 0. The van der Waals surface area contributed by atoms with E-state index in [1.54, 1.807) is 0 Å². The van der Waals surface area contributed by atoms with Gasteiger partial charge in [-0.1, -0.05) is 144 Å². The Morgan fingerprint density at radius 1 is 0.275 bits per heavy atom. The van der Waals surface area contributed by atoms with Gasteiger partial charge in [-0.25, -0.2) is 0 Å². The number of nitrogens with one attached hydrogen (secondary N) is 4. The SMILES string of the molecule is ClPCl.c1ccc(C2=c3ccc([nH]3)=C(c3ccccc3)c3ccc([nH]3)C(c3ccccc3)=c3ccc([nH]3)=C(c3ccccc3)c3ccc2[nH]3)cc1. The molecule has 0 atom stereocenters. The van der Waals surface area contributed by atoms with E-state index < -0.39 is 0 Å². The van der Waals surface area contributed by atoms with Crippen LogP contribution in [0.3, 0.4) is 0 Å². The van der Waals surface area contributed by atoms with E-state index in [1.807, 2.05) is 0 Å². The predicted octanol–water partition coefficient (Wildman–Crippen LogP) is 8.27. The van der Waals surface area contributed by atoms with E-state index in [1.165, 1.54) is 0 Å². The summed E-state index contributed by atoms with van der Waals surface area (Å²) in [4.78, 5) is 15.4. The van der Waals surface area contributed by atoms with Crippen molar-refractivity contribution in [2.45, 2.75) is 0 Å². The molecule has 1 aliphatic heterocycles. The monoisotopic (exact) mass is 718 g/mol. The first-order chi connectivity index (χ1) is 25.2. The Balaban J connectivity index is 0.00000121. The molecule has 0 radical (unpaired) electrons. The second kappa shape index (κ2) is 14.8. The molecule has 4 aromatic heterocycles. The number of halogens is 2. The van der Waals surface area contributed by atoms with Crippen molar-refractivity contribution in [3.63, 3.8) is 0 Å². The summed E-state index contributed by atoms with van der Waals surface area (Å²) in [7, 11) is 0.0278. The van der Waals surface area contributed by atoms with Gasteiger partial charge in [-0.05, 0) is 70.8 Å². The van der Waals surface area contributed by atoms with Crippen LogP contribution in [0.1, 0.15) is 45.0 Å². The van der Waals surface area contributed by atoms with Gasteiger partial charge in [0.2, 0.25) is 0 Å². The highest BCUT2D eigenvalue weighted by atomic mass is 35.9. The summed E-state index contributed by atoms with van der Waals surface area (Å²) in [5.41, 5.74) is 13.1. The van der Waals surface area contributed by atoms with Crippen molar-refractivity contribution < 1.29 is 0 Å². The molecule has 4 nitrogen and oxygen atoms in total. The molecule has 4 N–H and O–H groups in total. The van der Waals surface area contributed by atoms with E-state index in [2.05, 4.69) is 190 Å². The quantitative estimate of drug-likeness (QED) is 0.133. The first-order valence-electron chi connectivity index (χ1n) is 16.7. The number of aromatic nitrogens is 4. The molecule has 0 saturated carbocycles. The molecule has 7 heteroatoms. The molecule has 5 heterocycles. The van der Waals surface area contributed by atoms with Crippen molar-refractivity contribution in [2.75, 3.05) is 0 Å². The zero-order valence-corrected chi connectivity index (χ0v) is 29.9. The lowest BCUT2D eigenvalue weighted by atomic mass is 10.0. The Morgan fingerprint density at radius 3 is 0.706 bits per heavy atom. The first-order valence-corrected chi connectivity index (χ1v) is 19.7. The van der Waals surface area contributed by atoms with Gasteiger partial charge >= 0.3 is 0 Å². The minimum atomic E-state index is 0.0278. The molecule has 0 spiro atoms. The highest BCUT2D eigenvalue weighted by molar-refractivity contribution is 7.90. The van der Waals surface area contributed by atoms with E-state index in [-0.39, 0.29) is 7.29 Å². The largest absolute Gasteiger partial charge is 0.354 e. The van der Waals surface area contributed by atoms with Gasteiger partial charge in [0.15, 0.2) is 0 Å². The Kier molecular flexibility index (Phi) is 9.46. The Bertz CT molecular complexity index is 2310. The van der Waals surface area contributed by atoms with E-state index in [4.69, 9.17) is 22.5 Å². The maximum Gasteiger partial charge on any atom is 0.0713 e. The molecular formula is C44H33Cl2N4P. The molecule has 0 aliphatic carbocycles. The van der Waals surface area contributed by atoms with Gasteiger partial charge in [0, 0.05) is 66.5 Å². The zero-order chi connectivity index (χ0) is 34.6. The van der Waals surface area contributed by atoms with E-state index in [0.29, 0.717) is 0 Å². The predicted molar refractivity (Wildman–Crippen MR) is 214 cm³/mol. The lowest BCUT2D eigenvalue weighted by Crippen LogP contribution is -2.19. The average molecular weight is 720 g/mol. The molecule has 9 rings (SSSR count). The van der Waals surface area contributed by atoms with Gasteiger partial charge in [-0.2, -0.15) is 0 Å². The van der Waals surface area contributed by atoms with E-state index >= 15 is 0 Å². The zero-order valence-electron chi connectivity index (χ0n) is 27.4. The molecule has 0 amide bonds. The van der Waals surface area contributed by atoms with E-state index in [9.17, 15) is 0 Å². The van der Waals surface area contributed by atoms with Crippen LogP contribution in [0, 0.1) is 0 Å². The van der Waals surface area contributed by atoms with Gasteiger partial charge < -0.3 is 19.9 Å². The van der Waals surface area contributed by atoms with Crippen LogP contribution < -0.4 is 21.4 Å². The number of fused-ring (bicyclic) bond motifs is 8. The number of rotatable bonds is 4. The number of aromatic amines is 4. The normalized spacial score (nSPS) is 12.4. The van der Waals surface area contributed by atoms with Crippen molar-refractivity contribution in [2.24, 2.45) is 0 Å². The van der Waals surface area contributed by atoms with Crippen molar-refractivity contribution in [1.82, 2.24) is 19.9 Å². The fourth-order valence-electron chi connectivity index (χ4n) is 6.99. The number of hydrogen-bond donors (Lipinski definition) is 4. The fraction of sp³-hybridized carbons (Fsp3) is 0. The molecule has 0 saturated heterocycles. The smallest absolute Gasteiger partial charge is 0.0713 e. The van der Waals surface area contributed by atoms with Gasteiger partial charge in [0.05, 0.1) is 7.29 Å². The minimum Gasteiger partial charge on any atom is -0.354 e. The average Bonchev–Trinajstić information content (AvgIpc) is 4.02. The van der Waals surface area contributed by atoms with Crippen LogP contribution in [0.4, 0.5) is 0 Å². The lowest BCUT2D eigenvalue weighted by molar-refractivity contribution is 1.19. The van der Waals surface area contributed by atoms with Crippen LogP contribution in [0.2, 0.25) is 0 Å². The lowest BCUT2D eigenvalue weighted by Gasteiger charge is -2.09. The second-order valence-corrected chi connectivity index (χ2v) is 14.0. The summed E-state index contributed by atoms with van der Waals surface area (Å²) >= 11 is 9.58.